The Morgan fingerprint density at radius 2 is 1.82 bits per heavy atom. The minimum atomic E-state index is 0.251. The summed E-state index contributed by atoms with van der Waals surface area (Å²) >= 11 is 0. The van der Waals surface area contributed by atoms with Crippen molar-refractivity contribution in [3.8, 4) is 0 Å². The number of hydrogen-bond acceptors (Lipinski definition) is 2. The molecule has 0 radical (unpaired) electrons. The minimum absolute atomic E-state index is 0.251. The van der Waals surface area contributed by atoms with Crippen LogP contribution < -0.4 is 5.32 Å². The standard InChI is InChI=1S/C15H25NO/c1-5-16-15(13(4)17-6-2)11-14-9-7-12(3)8-10-14/h7-10,13,15-16H,5-6,11H2,1-4H3. The van der Waals surface area contributed by atoms with Crippen LogP contribution in [0.25, 0.3) is 0 Å². The third-order valence-corrected chi connectivity index (χ3v) is 3.04. The average Bonchev–Trinajstić information content (AvgIpc) is 2.31. The van der Waals surface area contributed by atoms with Crippen LogP contribution in [0.1, 0.15) is 31.9 Å². The first kappa shape index (κ1) is 14.2. The molecule has 1 rings (SSSR count). The van der Waals surface area contributed by atoms with E-state index in [-0.39, 0.29) is 6.10 Å². The van der Waals surface area contributed by atoms with E-state index in [9.17, 15) is 0 Å². The molecule has 2 unspecified atom stereocenters. The number of ether oxygens (including phenoxy) is 1. The Morgan fingerprint density at radius 1 is 1.18 bits per heavy atom. The maximum atomic E-state index is 5.69. The molecule has 2 nitrogen and oxygen atoms in total. The summed E-state index contributed by atoms with van der Waals surface area (Å²) in [6.45, 7) is 10.2. The smallest absolute Gasteiger partial charge is 0.0703 e. The molecule has 0 aromatic heterocycles. The molecular weight excluding hydrogens is 210 g/mol. The van der Waals surface area contributed by atoms with Gasteiger partial charge in [-0.25, -0.2) is 0 Å². The van der Waals surface area contributed by atoms with Crippen LogP contribution in [-0.4, -0.2) is 25.3 Å². The molecule has 1 aromatic carbocycles. The summed E-state index contributed by atoms with van der Waals surface area (Å²) < 4.78 is 5.69. The van der Waals surface area contributed by atoms with Gasteiger partial charge >= 0.3 is 0 Å². The predicted octanol–water partition coefficient (Wildman–Crippen LogP) is 2.94. The van der Waals surface area contributed by atoms with Crippen molar-refractivity contribution in [1.29, 1.82) is 0 Å². The van der Waals surface area contributed by atoms with Crippen molar-refractivity contribution in [1.82, 2.24) is 5.32 Å². The SMILES string of the molecule is CCNC(Cc1ccc(C)cc1)C(C)OCC. The van der Waals surface area contributed by atoms with E-state index in [1.54, 1.807) is 0 Å². The van der Waals surface area contributed by atoms with Crippen LogP contribution in [0.2, 0.25) is 0 Å². The second-order valence-electron chi connectivity index (χ2n) is 4.51. The van der Waals surface area contributed by atoms with E-state index in [0.717, 1.165) is 19.6 Å². The van der Waals surface area contributed by atoms with Crippen molar-refractivity contribution < 1.29 is 4.74 Å². The van der Waals surface area contributed by atoms with Gasteiger partial charge in [-0.05, 0) is 39.3 Å². The summed E-state index contributed by atoms with van der Waals surface area (Å²) in [6, 6.07) is 9.15. The molecule has 0 spiro atoms. The highest BCUT2D eigenvalue weighted by Gasteiger charge is 2.16. The normalized spacial score (nSPS) is 14.6. The monoisotopic (exact) mass is 235 g/mol. The van der Waals surface area contributed by atoms with Crippen LogP contribution >= 0.6 is 0 Å². The van der Waals surface area contributed by atoms with Gasteiger partial charge < -0.3 is 10.1 Å². The molecule has 2 atom stereocenters. The lowest BCUT2D eigenvalue weighted by molar-refractivity contribution is 0.0480. The van der Waals surface area contributed by atoms with Crippen molar-refractivity contribution >= 4 is 0 Å². The number of likely N-dealkylation sites (N-methyl/N-ethyl adjacent to an activating group) is 1. The zero-order chi connectivity index (χ0) is 12.7. The van der Waals surface area contributed by atoms with E-state index in [0.29, 0.717) is 6.04 Å². The molecule has 2 heteroatoms. The molecule has 0 amide bonds. The van der Waals surface area contributed by atoms with Gasteiger partial charge in [-0.3, -0.25) is 0 Å². The number of aryl methyl sites for hydroxylation is 1. The summed E-state index contributed by atoms with van der Waals surface area (Å²) in [4.78, 5) is 0. The zero-order valence-electron chi connectivity index (χ0n) is 11.5. The van der Waals surface area contributed by atoms with Crippen LogP contribution in [0, 0.1) is 6.92 Å². The summed E-state index contributed by atoms with van der Waals surface area (Å²) in [5.74, 6) is 0. The molecule has 0 aliphatic heterocycles. The number of nitrogens with one attached hydrogen (secondary N) is 1. The van der Waals surface area contributed by atoms with E-state index >= 15 is 0 Å². The van der Waals surface area contributed by atoms with E-state index in [1.165, 1.54) is 11.1 Å². The maximum absolute atomic E-state index is 5.69. The Hall–Kier alpha value is -0.860. The van der Waals surface area contributed by atoms with E-state index in [2.05, 4.69) is 50.4 Å². The Balaban J connectivity index is 2.62. The quantitative estimate of drug-likeness (QED) is 0.784. The van der Waals surface area contributed by atoms with Crippen molar-refractivity contribution in [3.05, 3.63) is 35.4 Å². The first-order chi connectivity index (χ1) is 8.17. The molecule has 0 heterocycles. The van der Waals surface area contributed by atoms with Gasteiger partial charge in [0.1, 0.15) is 0 Å². The topological polar surface area (TPSA) is 21.3 Å². The molecule has 0 aliphatic rings. The fourth-order valence-electron chi connectivity index (χ4n) is 2.02. The van der Waals surface area contributed by atoms with Crippen molar-refractivity contribution in [3.63, 3.8) is 0 Å². The molecule has 0 saturated heterocycles. The van der Waals surface area contributed by atoms with Gasteiger partial charge in [-0.15, -0.1) is 0 Å². The summed E-state index contributed by atoms with van der Waals surface area (Å²) in [5.41, 5.74) is 2.68. The second kappa shape index (κ2) is 7.46. The zero-order valence-corrected chi connectivity index (χ0v) is 11.5. The lowest BCUT2D eigenvalue weighted by Crippen LogP contribution is -2.41. The van der Waals surface area contributed by atoms with Gasteiger partial charge in [0.2, 0.25) is 0 Å². The van der Waals surface area contributed by atoms with Gasteiger partial charge in [0.25, 0.3) is 0 Å². The highest BCUT2D eigenvalue weighted by atomic mass is 16.5. The fraction of sp³-hybridized carbons (Fsp3) is 0.600. The van der Waals surface area contributed by atoms with Gasteiger partial charge in [-0.2, -0.15) is 0 Å². The van der Waals surface area contributed by atoms with E-state index in [1.807, 2.05) is 6.92 Å². The molecule has 0 fully saturated rings. The molecular formula is C15H25NO. The molecule has 0 aliphatic carbocycles. The molecule has 96 valence electrons. The Morgan fingerprint density at radius 3 is 2.35 bits per heavy atom. The van der Waals surface area contributed by atoms with Gasteiger partial charge in [0, 0.05) is 12.6 Å². The molecule has 0 bridgehead atoms. The van der Waals surface area contributed by atoms with Crippen LogP contribution in [0.4, 0.5) is 0 Å². The molecule has 1 aromatic rings. The van der Waals surface area contributed by atoms with Crippen molar-refractivity contribution in [2.45, 2.75) is 46.3 Å². The van der Waals surface area contributed by atoms with Crippen LogP contribution in [-0.2, 0) is 11.2 Å². The highest BCUT2D eigenvalue weighted by molar-refractivity contribution is 5.22. The Bertz CT molecular complexity index is 307. The Kier molecular flexibility index (Phi) is 6.23. The minimum Gasteiger partial charge on any atom is -0.377 e. The fourth-order valence-corrected chi connectivity index (χ4v) is 2.02. The summed E-state index contributed by atoms with van der Waals surface area (Å²) in [5, 5.41) is 3.51. The highest BCUT2D eigenvalue weighted by Crippen LogP contribution is 2.10. The lowest BCUT2D eigenvalue weighted by atomic mass is 10.0. The summed E-state index contributed by atoms with van der Waals surface area (Å²) in [6.07, 6.45) is 1.27. The van der Waals surface area contributed by atoms with Gasteiger partial charge in [0.15, 0.2) is 0 Å². The van der Waals surface area contributed by atoms with E-state index in [4.69, 9.17) is 4.74 Å². The largest absolute Gasteiger partial charge is 0.377 e. The first-order valence-electron chi connectivity index (χ1n) is 6.57. The third-order valence-electron chi connectivity index (χ3n) is 3.04. The van der Waals surface area contributed by atoms with E-state index < -0.39 is 0 Å². The van der Waals surface area contributed by atoms with Crippen molar-refractivity contribution in [2.75, 3.05) is 13.2 Å². The third kappa shape index (κ3) is 4.88. The van der Waals surface area contributed by atoms with Crippen molar-refractivity contribution in [2.24, 2.45) is 0 Å². The lowest BCUT2D eigenvalue weighted by Gasteiger charge is -2.24. The number of rotatable bonds is 7. The summed E-state index contributed by atoms with van der Waals surface area (Å²) in [7, 11) is 0. The molecule has 17 heavy (non-hydrogen) atoms. The second-order valence-corrected chi connectivity index (χ2v) is 4.51. The Labute approximate surface area is 105 Å². The van der Waals surface area contributed by atoms with Crippen LogP contribution in [0.3, 0.4) is 0 Å². The average molecular weight is 235 g/mol. The maximum Gasteiger partial charge on any atom is 0.0703 e. The van der Waals surface area contributed by atoms with Gasteiger partial charge in [-0.1, -0.05) is 36.8 Å². The van der Waals surface area contributed by atoms with Gasteiger partial charge in [0.05, 0.1) is 6.10 Å². The van der Waals surface area contributed by atoms with Crippen LogP contribution in [0.15, 0.2) is 24.3 Å². The first-order valence-corrected chi connectivity index (χ1v) is 6.57. The van der Waals surface area contributed by atoms with Crippen LogP contribution in [0.5, 0.6) is 0 Å². The molecule has 0 saturated carbocycles. The predicted molar refractivity (Wildman–Crippen MR) is 73.4 cm³/mol. The number of hydrogen-bond donors (Lipinski definition) is 1. The molecule has 1 N–H and O–H groups in total. The number of benzene rings is 1.